The van der Waals surface area contributed by atoms with Gasteiger partial charge in [-0.15, -0.1) is 0 Å². The monoisotopic (exact) mass is 406 g/mol. The molecular formula is C21H24ClFN2O3. The van der Waals surface area contributed by atoms with E-state index < -0.39 is 0 Å². The number of amides is 1. The molecule has 0 bridgehead atoms. The van der Waals surface area contributed by atoms with Crippen molar-refractivity contribution in [2.45, 2.75) is 19.1 Å². The van der Waals surface area contributed by atoms with E-state index in [4.69, 9.17) is 21.1 Å². The van der Waals surface area contributed by atoms with Gasteiger partial charge in [0.05, 0.1) is 18.8 Å². The Balaban J connectivity index is 1.68. The van der Waals surface area contributed by atoms with Crippen LogP contribution < -0.4 is 10.1 Å². The minimum atomic E-state index is -0.388. The largest absolute Gasteiger partial charge is 0.484 e. The van der Waals surface area contributed by atoms with Crippen LogP contribution in [0, 0.1) is 5.82 Å². The summed E-state index contributed by atoms with van der Waals surface area (Å²) >= 11 is 6.30. The van der Waals surface area contributed by atoms with E-state index in [9.17, 15) is 9.18 Å². The highest BCUT2D eigenvalue weighted by molar-refractivity contribution is 6.31. The molecule has 1 aliphatic rings. The standard InChI is InChI=1S/C21H24ClFN2O3/c1-15-13-25(10-11-27-15)19(21-17(22)8-5-9-18(21)23)12-24-20(26)14-28-16-6-3-2-4-7-16/h2-9,15,19H,10-14H2,1H3,(H,24,26). The molecule has 2 aromatic rings. The van der Waals surface area contributed by atoms with Crippen LogP contribution in [-0.4, -0.2) is 49.8 Å². The normalized spacial score (nSPS) is 18.5. The highest BCUT2D eigenvalue weighted by atomic mass is 35.5. The van der Waals surface area contributed by atoms with E-state index in [1.54, 1.807) is 24.3 Å². The molecule has 5 nitrogen and oxygen atoms in total. The molecule has 3 rings (SSSR count). The summed E-state index contributed by atoms with van der Waals surface area (Å²) in [6.45, 7) is 3.90. The van der Waals surface area contributed by atoms with E-state index in [1.165, 1.54) is 6.07 Å². The third kappa shape index (κ3) is 5.44. The fourth-order valence-corrected chi connectivity index (χ4v) is 3.59. The SMILES string of the molecule is CC1CN(C(CNC(=O)COc2ccccc2)c2c(F)cccc2Cl)CCO1. The number of ether oxygens (including phenoxy) is 2. The Morgan fingerprint density at radius 3 is 2.82 bits per heavy atom. The first kappa shape index (κ1) is 20.6. The van der Waals surface area contributed by atoms with E-state index in [0.29, 0.717) is 36.0 Å². The molecule has 1 N–H and O–H groups in total. The van der Waals surface area contributed by atoms with Crippen LogP contribution in [-0.2, 0) is 9.53 Å². The quantitative estimate of drug-likeness (QED) is 0.765. The molecule has 150 valence electrons. The van der Waals surface area contributed by atoms with Gasteiger partial charge in [-0.3, -0.25) is 9.69 Å². The van der Waals surface area contributed by atoms with Gasteiger partial charge < -0.3 is 14.8 Å². The summed E-state index contributed by atoms with van der Waals surface area (Å²) in [6.07, 6.45) is 0.0268. The summed E-state index contributed by atoms with van der Waals surface area (Å²) in [5.41, 5.74) is 0.391. The van der Waals surface area contributed by atoms with E-state index in [0.717, 1.165) is 0 Å². The van der Waals surface area contributed by atoms with E-state index in [2.05, 4.69) is 10.2 Å². The molecule has 2 unspecified atom stereocenters. The molecule has 0 aromatic heterocycles. The smallest absolute Gasteiger partial charge is 0.258 e. The van der Waals surface area contributed by atoms with Crippen LogP contribution in [0.25, 0.3) is 0 Å². The number of carbonyl (C=O) groups excluding carboxylic acids is 1. The molecule has 0 spiro atoms. The van der Waals surface area contributed by atoms with Gasteiger partial charge in [0.25, 0.3) is 5.91 Å². The number of morpholine rings is 1. The molecule has 0 saturated carbocycles. The maximum Gasteiger partial charge on any atom is 0.258 e. The minimum absolute atomic E-state index is 0.0268. The number of nitrogens with zero attached hydrogens (tertiary/aromatic N) is 1. The third-order valence-corrected chi connectivity index (χ3v) is 4.98. The highest BCUT2D eigenvalue weighted by Crippen LogP contribution is 2.31. The number of hydrogen-bond acceptors (Lipinski definition) is 4. The van der Waals surface area contributed by atoms with Crippen molar-refractivity contribution in [1.29, 1.82) is 0 Å². The first-order chi connectivity index (χ1) is 13.5. The summed E-state index contributed by atoms with van der Waals surface area (Å²) in [6, 6.07) is 13.3. The van der Waals surface area contributed by atoms with Gasteiger partial charge in [0.1, 0.15) is 11.6 Å². The number of benzene rings is 2. The van der Waals surface area contributed by atoms with Crippen LogP contribution >= 0.6 is 11.6 Å². The zero-order valence-electron chi connectivity index (χ0n) is 15.7. The van der Waals surface area contributed by atoms with Crippen molar-refractivity contribution in [1.82, 2.24) is 10.2 Å². The maximum atomic E-state index is 14.6. The highest BCUT2D eigenvalue weighted by Gasteiger charge is 2.29. The van der Waals surface area contributed by atoms with Gasteiger partial charge in [-0.25, -0.2) is 4.39 Å². The van der Waals surface area contributed by atoms with Gasteiger partial charge in [-0.05, 0) is 31.2 Å². The summed E-state index contributed by atoms with van der Waals surface area (Å²) in [7, 11) is 0. The molecule has 7 heteroatoms. The van der Waals surface area contributed by atoms with E-state index in [1.807, 2.05) is 25.1 Å². The van der Waals surface area contributed by atoms with Crippen LogP contribution in [0.15, 0.2) is 48.5 Å². The fraction of sp³-hybridized carbons (Fsp3) is 0.381. The lowest BCUT2D eigenvalue weighted by Gasteiger charge is -2.38. The number of halogens is 2. The summed E-state index contributed by atoms with van der Waals surface area (Å²) < 4.78 is 25.6. The van der Waals surface area contributed by atoms with Crippen molar-refractivity contribution in [3.05, 3.63) is 64.9 Å². The molecule has 1 aliphatic heterocycles. The second kappa shape index (κ2) is 9.87. The van der Waals surface area contributed by atoms with Crippen molar-refractivity contribution < 1.29 is 18.7 Å². The van der Waals surface area contributed by atoms with Crippen molar-refractivity contribution in [3.8, 4) is 5.75 Å². The Labute approximate surface area is 169 Å². The molecule has 1 saturated heterocycles. The molecule has 0 aliphatic carbocycles. The van der Waals surface area contributed by atoms with Crippen LogP contribution in [0.1, 0.15) is 18.5 Å². The lowest BCUT2D eigenvalue weighted by molar-refractivity contribution is -0.123. The van der Waals surface area contributed by atoms with Gasteiger partial charge in [0.2, 0.25) is 0 Å². The zero-order chi connectivity index (χ0) is 19.9. The number of hydrogen-bond donors (Lipinski definition) is 1. The van der Waals surface area contributed by atoms with Crippen LogP contribution in [0.4, 0.5) is 4.39 Å². The van der Waals surface area contributed by atoms with Crippen LogP contribution in [0.5, 0.6) is 5.75 Å². The van der Waals surface area contributed by atoms with Crippen molar-refractivity contribution in [3.63, 3.8) is 0 Å². The lowest BCUT2D eigenvalue weighted by atomic mass is 10.0. The number of carbonyl (C=O) groups is 1. The van der Waals surface area contributed by atoms with Gasteiger partial charge in [-0.2, -0.15) is 0 Å². The van der Waals surface area contributed by atoms with Gasteiger partial charge in [-0.1, -0.05) is 35.9 Å². The Morgan fingerprint density at radius 2 is 2.11 bits per heavy atom. The van der Waals surface area contributed by atoms with Crippen molar-refractivity contribution in [2.75, 3.05) is 32.8 Å². The lowest BCUT2D eigenvalue weighted by Crippen LogP contribution is -2.47. The second-order valence-electron chi connectivity index (χ2n) is 6.73. The average Bonchev–Trinajstić information content (AvgIpc) is 2.69. The molecule has 1 heterocycles. The summed E-state index contributed by atoms with van der Waals surface area (Å²) in [5, 5.41) is 3.19. The minimum Gasteiger partial charge on any atom is -0.484 e. The Hall–Kier alpha value is -2.15. The Bertz CT molecular complexity index is 770. The van der Waals surface area contributed by atoms with E-state index >= 15 is 0 Å². The fourth-order valence-electron chi connectivity index (χ4n) is 3.30. The third-order valence-electron chi connectivity index (χ3n) is 4.65. The van der Waals surface area contributed by atoms with Crippen molar-refractivity contribution in [2.24, 2.45) is 0 Å². The Kier molecular flexibility index (Phi) is 7.25. The predicted molar refractivity (Wildman–Crippen MR) is 106 cm³/mol. The Morgan fingerprint density at radius 1 is 1.32 bits per heavy atom. The average molecular weight is 407 g/mol. The van der Waals surface area contributed by atoms with Gasteiger partial charge in [0, 0.05) is 30.2 Å². The van der Waals surface area contributed by atoms with Crippen molar-refractivity contribution >= 4 is 17.5 Å². The molecule has 1 amide bonds. The first-order valence-electron chi connectivity index (χ1n) is 9.28. The topological polar surface area (TPSA) is 50.8 Å². The molecule has 28 heavy (non-hydrogen) atoms. The van der Waals surface area contributed by atoms with E-state index in [-0.39, 0.29) is 37.0 Å². The van der Waals surface area contributed by atoms with Crippen LogP contribution in [0.3, 0.4) is 0 Å². The molecule has 0 radical (unpaired) electrons. The number of nitrogens with one attached hydrogen (secondary N) is 1. The molecule has 2 atom stereocenters. The zero-order valence-corrected chi connectivity index (χ0v) is 16.5. The van der Waals surface area contributed by atoms with Gasteiger partial charge >= 0.3 is 0 Å². The predicted octanol–water partition coefficient (Wildman–Crippen LogP) is 3.44. The molecule has 1 fully saturated rings. The summed E-state index contributed by atoms with van der Waals surface area (Å²) in [5.74, 6) is -0.0394. The molecular weight excluding hydrogens is 383 g/mol. The second-order valence-corrected chi connectivity index (χ2v) is 7.14. The van der Waals surface area contributed by atoms with Gasteiger partial charge in [0.15, 0.2) is 6.61 Å². The first-order valence-corrected chi connectivity index (χ1v) is 9.66. The summed E-state index contributed by atoms with van der Waals surface area (Å²) in [4.78, 5) is 14.4. The number of rotatable bonds is 7. The van der Waals surface area contributed by atoms with Crippen LogP contribution in [0.2, 0.25) is 5.02 Å². The number of para-hydroxylation sites is 1. The molecule has 2 aromatic carbocycles. The maximum absolute atomic E-state index is 14.6.